The van der Waals surface area contributed by atoms with Gasteiger partial charge >= 0.3 is 0 Å². The molecule has 0 bridgehead atoms. The molecule has 0 fully saturated rings. The molecule has 0 aliphatic heterocycles. The fourth-order valence-corrected chi connectivity index (χ4v) is 12.2. The fourth-order valence-electron chi connectivity index (χ4n) is 9.45. The van der Waals surface area contributed by atoms with E-state index in [-0.39, 0.29) is 19.6 Å². The molecule has 10 heteroatoms. The molecule has 9 rings (SSSR count). The van der Waals surface area contributed by atoms with Crippen LogP contribution in [0, 0.1) is 0 Å². The normalized spacial score (nSPS) is 14.1. The lowest BCUT2D eigenvalue weighted by Gasteiger charge is -2.34. The van der Waals surface area contributed by atoms with E-state index in [4.69, 9.17) is 32.7 Å². The molecular formula is C58H50Cl2O6S2. The van der Waals surface area contributed by atoms with Crippen molar-refractivity contribution in [3.05, 3.63) is 233 Å². The third kappa shape index (κ3) is 8.32. The predicted molar refractivity (Wildman–Crippen MR) is 272 cm³/mol. The maximum absolute atomic E-state index is 13.6. The molecule has 1 aliphatic carbocycles. The van der Waals surface area contributed by atoms with Crippen LogP contribution in [0.2, 0.25) is 5.02 Å². The number of benzene rings is 8. The molecule has 344 valence electrons. The predicted octanol–water partition coefficient (Wildman–Crippen LogP) is 15.1. The van der Waals surface area contributed by atoms with E-state index < -0.39 is 35.6 Å². The lowest BCUT2D eigenvalue weighted by Crippen LogP contribution is -2.29. The van der Waals surface area contributed by atoms with Crippen molar-refractivity contribution in [2.45, 2.75) is 82.4 Å². The summed E-state index contributed by atoms with van der Waals surface area (Å²) in [6.07, 6.45) is 2.10. The van der Waals surface area contributed by atoms with Crippen LogP contribution in [0.5, 0.6) is 17.2 Å². The Labute approximate surface area is 410 Å². The lowest BCUT2D eigenvalue weighted by molar-refractivity contribution is 0.0825. The zero-order chi connectivity index (χ0) is 47.9. The van der Waals surface area contributed by atoms with Crippen molar-refractivity contribution in [2.75, 3.05) is 0 Å². The second kappa shape index (κ2) is 18.4. The fraction of sp³-hybridized carbons (Fsp3) is 0.172. The maximum atomic E-state index is 13.6. The van der Waals surface area contributed by atoms with E-state index in [9.17, 15) is 16.8 Å². The summed E-state index contributed by atoms with van der Waals surface area (Å²) in [4.78, 5) is 0.218. The summed E-state index contributed by atoms with van der Waals surface area (Å²) in [5, 5.41) is 0.469. The molecule has 0 aromatic heterocycles. The average Bonchev–Trinajstić information content (AvgIpc) is 3.68. The molecular weight excluding hydrogens is 928 g/mol. The van der Waals surface area contributed by atoms with E-state index in [1.807, 2.05) is 64.1 Å². The van der Waals surface area contributed by atoms with Gasteiger partial charge in [-0.2, -0.15) is 0 Å². The van der Waals surface area contributed by atoms with Gasteiger partial charge in [-0.05, 0) is 168 Å². The van der Waals surface area contributed by atoms with Gasteiger partial charge in [0, 0.05) is 5.02 Å². The quantitative estimate of drug-likeness (QED) is 0.0951. The molecule has 8 aromatic carbocycles. The number of hydrogen-bond donors (Lipinski definition) is 0. The van der Waals surface area contributed by atoms with Crippen LogP contribution in [0.4, 0.5) is 0 Å². The Bertz CT molecular complexity index is 3270. The molecule has 1 unspecified atom stereocenters. The molecule has 0 saturated carbocycles. The van der Waals surface area contributed by atoms with Gasteiger partial charge < -0.3 is 9.47 Å². The molecule has 0 N–H and O–H groups in total. The largest absolute Gasteiger partial charge is 0.483 e. The highest BCUT2D eigenvalue weighted by Crippen LogP contribution is 2.56. The van der Waals surface area contributed by atoms with Crippen LogP contribution in [0.15, 0.2) is 214 Å². The zero-order valence-corrected chi connectivity index (χ0v) is 41.3. The van der Waals surface area contributed by atoms with Crippen molar-refractivity contribution < 1.29 is 26.3 Å². The lowest BCUT2D eigenvalue weighted by atomic mass is 9.67. The van der Waals surface area contributed by atoms with Crippen molar-refractivity contribution in [1.82, 2.24) is 0 Å². The molecule has 6 nitrogen and oxygen atoms in total. The van der Waals surface area contributed by atoms with E-state index in [1.54, 1.807) is 72.8 Å². The standard InChI is InChI=1S/C58H50Cl2O6S2/c1-5-56(4,40-20-32-48(33-21-40)67(61,62)50-36-24-44(59)25-37-50)66-47-28-18-43(19-29-47)58(54-14-10-8-12-52(54)53-13-9-11-15-55(53)58)42-16-26-45(27-17-42)65-46-30-38-51(39-31-46)68(63,64)49-34-22-41(23-35-49)57(60,6-2)7-3/h8-39H,5-7H2,1-4H3. The van der Waals surface area contributed by atoms with E-state index >= 15 is 0 Å². The second-order valence-corrected chi connectivity index (χ2v) is 22.4. The van der Waals surface area contributed by atoms with Gasteiger partial charge in [-0.15, -0.1) is 11.6 Å². The smallest absolute Gasteiger partial charge is 0.206 e. The Hall–Kier alpha value is -6.16. The van der Waals surface area contributed by atoms with Crippen LogP contribution < -0.4 is 9.47 Å². The maximum Gasteiger partial charge on any atom is 0.206 e. The van der Waals surface area contributed by atoms with E-state index in [1.165, 1.54) is 12.1 Å². The molecule has 1 atom stereocenters. The Balaban J connectivity index is 0.989. The molecule has 68 heavy (non-hydrogen) atoms. The van der Waals surface area contributed by atoms with Crippen molar-refractivity contribution in [3.8, 4) is 28.4 Å². The first-order chi connectivity index (χ1) is 32.7. The Morgan fingerprint density at radius 3 is 1.25 bits per heavy atom. The summed E-state index contributed by atoms with van der Waals surface area (Å²) in [7, 11) is -7.50. The summed E-state index contributed by atoms with van der Waals surface area (Å²) in [5.74, 6) is 1.78. The third-order valence-corrected chi connectivity index (χ3v) is 18.2. The summed E-state index contributed by atoms with van der Waals surface area (Å²) >= 11 is 12.8. The van der Waals surface area contributed by atoms with Gasteiger partial charge in [0.25, 0.3) is 0 Å². The number of ether oxygens (including phenoxy) is 2. The van der Waals surface area contributed by atoms with Crippen molar-refractivity contribution in [1.29, 1.82) is 0 Å². The topological polar surface area (TPSA) is 86.7 Å². The van der Waals surface area contributed by atoms with Gasteiger partial charge in [0.2, 0.25) is 19.7 Å². The van der Waals surface area contributed by atoms with Crippen molar-refractivity contribution in [3.63, 3.8) is 0 Å². The first-order valence-corrected chi connectivity index (χ1v) is 26.4. The second-order valence-electron chi connectivity index (χ2n) is 17.3. The van der Waals surface area contributed by atoms with E-state index in [2.05, 4.69) is 72.8 Å². The van der Waals surface area contributed by atoms with Crippen molar-refractivity contribution in [2.24, 2.45) is 0 Å². The molecule has 0 radical (unpaired) electrons. The number of sulfone groups is 2. The highest BCUT2D eigenvalue weighted by molar-refractivity contribution is 7.91. The average molecular weight is 978 g/mol. The number of rotatable bonds is 15. The third-order valence-electron chi connectivity index (χ3n) is 13.6. The molecule has 0 amide bonds. The molecule has 0 saturated heterocycles. The summed E-state index contributed by atoms with van der Waals surface area (Å²) in [5.41, 5.74) is 7.02. The first kappa shape index (κ1) is 46.9. The zero-order valence-electron chi connectivity index (χ0n) is 38.1. The van der Waals surface area contributed by atoms with Crippen molar-refractivity contribution >= 4 is 42.9 Å². The van der Waals surface area contributed by atoms with Gasteiger partial charge in [0.05, 0.1) is 29.9 Å². The van der Waals surface area contributed by atoms with Gasteiger partial charge in [0.15, 0.2) is 0 Å². The van der Waals surface area contributed by atoms with Gasteiger partial charge in [-0.3, -0.25) is 0 Å². The Morgan fingerprint density at radius 1 is 0.456 bits per heavy atom. The van der Waals surface area contributed by atoms with Crippen LogP contribution in [0.3, 0.4) is 0 Å². The van der Waals surface area contributed by atoms with Gasteiger partial charge in [-0.1, -0.05) is 129 Å². The summed E-state index contributed by atoms with van der Waals surface area (Å²) < 4.78 is 67.1. The Kier molecular flexibility index (Phi) is 12.7. The molecule has 1 aliphatic rings. The SMILES string of the molecule is CCC(Cl)(CC)c1ccc(S(=O)(=O)c2ccc(Oc3ccc(C4(c5ccc(OC(C)(CC)c6ccc(S(=O)(=O)c7ccc(Cl)cc7)cc6)cc5)c5ccccc5-c5ccccc54)cc3)cc2)cc1. The minimum atomic E-state index is -3.77. The van der Waals surface area contributed by atoms with Gasteiger partial charge in [-0.25, -0.2) is 16.8 Å². The van der Waals surface area contributed by atoms with Gasteiger partial charge in [0.1, 0.15) is 22.8 Å². The van der Waals surface area contributed by atoms with Crippen LogP contribution in [-0.2, 0) is 35.6 Å². The number of hydrogen-bond acceptors (Lipinski definition) is 6. The summed E-state index contributed by atoms with van der Waals surface area (Å²) in [6, 6.07) is 59.8. The Morgan fingerprint density at radius 2 is 0.824 bits per heavy atom. The minimum Gasteiger partial charge on any atom is -0.483 e. The first-order valence-electron chi connectivity index (χ1n) is 22.7. The monoisotopic (exact) mass is 976 g/mol. The molecule has 0 heterocycles. The highest BCUT2D eigenvalue weighted by atomic mass is 35.5. The van der Waals surface area contributed by atoms with Crippen LogP contribution in [0.1, 0.15) is 80.3 Å². The molecule has 8 aromatic rings. The minimum absolute atomic E-state index is 0.171. The van der Waals surface area contributed by atoms with E-state index in [0.29, 0.717) is 28.7 Å². The summed E-state index contributed by atoms with van der Waals surface area (Å²) in [6.45, 7) is 8.11. The van der Waals surface area contributed by atoms with Crippen LogP contribution >= 0.6 is 23.2 Å². The number of fused-ring (bicyclic) bond motifs is 3. The van der Waals surface area contributed by atoms with E-state index in [0.717, 1.165) is 57.3 Å². The van der Waals surface area contributed by atoms with Crippen LogP contribution in [-0.4, -0.2) is 16.8 Å². The number of halogens is 2. The highest BCUT2D eigenvalue weighted by Gasteiger charge is 2.46. The molecule has 0 spiro atoms. The number of alkyl halides is 1. The van der Waals surface area contributed by atoms with Crippen LogP contribution in [0.25, 0.3) is 11.1 Å².